The second-order valence-electron chi connectivity index (χ2n) is 7.02. The number of likely N-dealkylation sites (tertiary alicyclic amines) is 1. The number of amides is 1. The van der Waals surface area contributed by atoms with Gasteiger partial charge in [0.2, 0.25) is 0 Å². The number of benzene rings is 1. The lowest BCUT2D eigenvalue weighted by Crippen LogP contribution is -2.40. The number of carboxylic acids is 1. The zero-order valence-corrected chi connectivity index (χ0v) is 16.3. The Morgan fingerprint density at radius 2 is 2.03 bits per heavy atom. The summed E-state index contributed by atoms with van der Waals surface area (Å²) in [7, 11) is 1.53. The minimum Gasteiger partial charge on any atom is -0.480 e. The molecule has 150 valence electrons. The Balaban J connectivity index is 1.85. The molecule has 0 radical (unpaired) electrons. The molecular weight excluding hydrogens is 372 g/mol. The van der Waals surface area contributed by atoms with Gasteiger partial charge >= 0.3 is 5.97 Å². The van der Waals surface area contributed by atoms with Crippen molar-refractivity contribution in [2.45, 2.75) is 32.0 Å². The number of carbonyl (C=O) groups excluding carboxylic acids is 1. The van der Waals surface area contributed by atoms with Crippen molar-refractivity contribution in [3.8, 4) is 11.3 Å². The van der Waals surface area contributed by atoms with E-state index in [-0.39, 0.29) is 25.0 Å². The van der Waals surface area contributed by atoms with Crippen LogP contribution in [-0.4, -0.2) is 62.4 Å². The molecule has 4 rings (SSSR count). The third-order valence-electron chi connectivity index (χ3n) is 5.35. The Labute approximate surface area is 167 Å². The number of carboxylic acid groups (broad SMARTS) is 1. The van der Waals surface area contributed by atoms with Crippen molar-refractivity contribution in [1.82, 2.24) is 19.7 Å². The molecule has 8 nitrogen and oxygen atoms in total. The van der Waals surface area contributed by atoms with E-state index >= 15 is 0 Å². The van der Waals surface area contributed by atoms with Crippen LogP contribution in [0.15, 0.2) is 42.6 Å². The van der Waals surface area contributed by atoms with Gasteiger partial charge in [-0.2, -0.15) is 5.10 Å². The second-order valence-corrected chi connectivity index (χ2v) is 7.02. The molecule has 1 aliphatic heterocycles. The van der Waals surface area contributed by atoms with Gasteiger partial charge in [-0.3, -0.25) is 4.79 Å². The standard InChI is InChI=1S/C21H22N4O4/c1-3-25-19-16(11-22-25)15(10-17(23-19)13-7-5-4-6-8-13)20(26)24-12-14(29-2)9-18(24)21(27)28/h4-8,10-11,14,18H,3,9,12H2,1-2H3,(H,27,28). The summed E-state index contributed by atoms with van der Waals surface area (Å²) >= 11 is 0. The molecule has 1 saturated heterocycles. The predicted molar refractivity (Wildman–Crippen MR) is 107 cm³/mol. The molecule has 3 aromatic rings. The first kappa shape index (κ1) is 19.1. The Kier molecular flexibility index (Phi) is 5.02. The van der Waals surface area contributed by atoms with E-state index in [2.05, 4.69) is 5.10 Å². The normalized spacial score (nSPS) is 19.0. The summed E-state index contributed by atoms with van der Waals surface area (Å²) in [6.45, 7) is 2.79. The topological polar surface area (TPSA) is 97.6 Å². The number of hydrogen-bond donors (Lipinski definition) is 1. The summed E-state index contributed by atoms with van der Waals surface area (Å²) in [6.07, 6.45) is 1.59. The van der Waals surface area contributed by atoms with E-state index in [0.29, 0.717) is 28.8 Å². The average molecular weight is 394 g/mol. The Morgan fingerprint density at radius 1 is 1.28 bits per heavy atom. The van der Waals surface area contributed by atoms with Crippen molar-refractivity contribution in [2.24, 2.45) is 0 Å². The van der Waals surface area contributed by atoms with Gasteiger partial charge in [0.1, 0.15) is 6.04 Å². The van der Waals surface area contributed by atoms with Gasteiger partial charge < -0.3 is 14.7 Å². The summed E-state index contributed by atoms with van der Waals surface area (Å²) in [6, 6.07) is 10.4. The second kappa shape index (κ2) is 7.63. The van der Waals surface area contributed by atoms with Gasteiger partial charge in [0.05, 0.1) is 28.9 Å². The largest absolute Gasteiger partial charge is 0.480 e. The summed E-state index contributed by atoms with van der Waals surface area (Å²) in [5.41, 5.74) is 2.52. The highest BCUT2D eigenvalue weighted by Gasteiger charge is 2.40. The van der Waals surface area contributed by atoms with Crippen LogP contribution in [0, 0.1) is 0 Å². The van der Waals surface area contributed by atoms with Gasteiger partial charge in [-0.1, -0.05) is 30.3 Å². The number of fused-ring (bicyclic) bond motifs is 1. The minimum atomic E-state index is -1.03. The molecule has 2 atom stereocenters. The van der Waals surface area contributed by atoms with Crippen LogP contribution in [-0.2, 0) is 16.1 Å². The van der Waals surface area contributed by atoms with Crippen LogP contribution < -0.4 is 0 Å². The van der Waals surface area contributed by atoms with E-state index in [0.717, 1.165) is 5.56 Å². The molecule has 1 aromatic carbocycles. The number of aromatic nitrogens is 3. The molecule has 0 aliphatic carbocycles. The Bertz CT molecular complexity index is 1060. The van der Waals surface area contributed by atoms with E-state index in [1.165, 1.54) is 12.0 Å². The van der Waals surface area contributed by atoms with E-state index in [1.807, 2.05) is 37.3 Å². The van der Waals surface area contributed by atoms with E-state index < -0.39 is 12.0 Å². The van der Waals surface area contributed by atoms with Crippen LogP contribution in [0.5, 0.6) is 0 Å². The lowest BCUT2D eigenvalue weighted by Gasteiger charge is -2.22. The van der Waals surface area contributed by atoms with Crippen LogP contribution in [0.1, 0.15) is 23.7 Å². The highest BCUT2D eigenvalue weighted by molar-refractivity contribution is 6.07. The lowest BCUT2D eigenvalue weighted by molar-refractivity contribution is -0.141. The number of pyridine rings is 1. The van der Waals surface area contributed by atoms with Crippen molar-refractivity contribution < 1.29 is 19.4 Å². The van der Waals surface area contributed by atoms with E-state index in [4.69, 9.17) is 9.72 Å². The number of ether oxygens (including phenoxy) is 1. The molecule has 0 spiro atoms. The number of carbonyl (C=O) groups is 2. The Morgan fingerprint density at radius 3 is 2.69 bits per heavy atom. The molecular formula is C21H22N4O4. The zero-order valence-electron chi connectivity index (χ0n) is 16.3. The molecule has 8 heteroatoms. The molecule has 2 unspecified atom stereocenters. The SMILES string of the molecule is CCn1ncc2c(C(=O)N3CC(OC)CC3C(=O)O)cc(-c3ccccc3)nc21. The lowest BCUT2D eigenvalue weighted by atomic mass is 10.1. The van der Waals surface area contributed by atoms with Gasteiger partial charge in [-0.25, -0.2) is 14.5 Å². The highest BCUT2D eigenvalue weighted by Crippen LogP contribution is 2.29. The number of aryl methyl sites for hydroxylation is 1. The van der Waals surface area contributed by atoms with Crippen molar-refractivity contribution in [3.63, 3.8) is 0 Å². The number of rotatable bonds is 5. The van der Waals surface area contributed by atoms with E-state index in [9.17, 15) is 14.7 Å². The maximum Gasteiger partial charge on any atom is 0.326 e. The van der Waals surface area contributed by atoms with Crippen LogP contribution in [0.3, 0.4) is 0 Å². The number of hydrogen-bond acceptors (Lipinski definition) is 5. The maximum absolute atomic E-state index is 13.5. The quantitative estimate of drug-likeness (QED) is 0.714. The van der Waals surface area contributed by atoms with Gasteiger partial charge in [0.15, 0.2) is 5.65 Å². The highest BCUT2D eigenvalue weighted by atomic mass is 16.5. The minimum absolute atomic E-state index is 0.235. The third-order valence-corrected chi connectivity index (χ3v) is 5.35. The summed E-state index contributed by atoms with van der Waals surface area (Å²) in [4.78, 5) is 31.3. The molecule has 1 amide bonds. The first-order valence-corrected chi connectivity index (χ1v) is 9.52. The van der Waals surface area contributed by atoms with Crippen LogP contribution in [0.25, 0.3) is 22.3 Å². The molecule has 29 heavy (non-hydrogen) atoms. The summed E-state index contributed by atoms with van der Waals surface area (Å²) in [5, 5.41) is 14.6. The van der Waals surface area contributed by atoms with Gasteiger partial charge in [-0.15, -0.1) is 0 Å². The van der Waals surface area contributed by atoms with Crippen molar-refractivity contribution in [1.29, 1.82) is 0 Å². The number of nitrogens with zero attached hydrogens (tertiary/aromatic N) is 4. The third kappa shape index (κ3) is 3.36. The monoisotopic (exact) mass is 394 g/mol. The summed E-state index contributed by atoms with van der Waals surface area (Å²) in [5.74, 6) is -1.38. The van der Waals surface area contributed by atoms with Gasteiger partial charge in [0.25, 0.3) is 5.91 Å². The van der Waals surface area contributed by atoms with Crippen LogP contribution in [0.2, 0.25) is 0 Å². The Hall–Kier alpha value is -3.26. The van der Waals surface area contributed by atoms with Gasteiger partial charge in [-0.05, 0) is 13.0 Å². The molecule has 1 N–H and O–H groups in total. The molecule has 2 aromatic heterocycles. The molecule has 1 aliphatic rings. The fourth-order valence-electron chi connectivity index (χ4n) is 3.79. The smallest absolute Gasteiger partial charge is 0.326 e. The zero-order chi connectivity index (χ0) is 20.5. The molecule has 1 fully saturated rings. The molecule has 3 heterocycles. The average Bonchev–Trinajstić information content (AvgIpc) is 3.37. The fourth-order valence-corrected chi connectivity index (χ4v) is 3.79. The van der Waals surface area contributed by atoms with Crippen LogP contribution >= 0.6 is 0 Å². The first-order chi connectivity index (χ1) is 14.0. The maximum atomic E-state index is 13.5. The predicted octanol–water partition coefficient (Wildman–Crippen LogP) is 2.43. The van der Waals surface area contributed by atoms with Crippen molar-refractivity contribution >= 4 is 22.9 Å². The summed E-state index contributed by atoms with van der Waals surface area (Å²) < 4.78 is 7.06. The van der Waals surface area contributed by atoms with Crippen molar-refractivity contribution in [2.75, 3.05) is 13.7 Å². The fraction of sp³-hybridized carbons (Fsp3) is 0.333. The van der Waals surface area contributed by atoms with Crippen LogP contribution in [0.4, 0.5) is 0 Å². The van der Waals surface area contributed by atoms with Crippen molar-refractivity contribution in [3.05, 3.63) is 48.2 Å². The van der Waals surface area contributed by atoms with Gasteiger partial charge in [0, 0.05) is 32.2 Å². The number of methoxy groups -OCH3 is 1. The number of aliphatic carboxylic acids is 1. The van der Waals surface area contributed by atoms with E-state index in [1.54, 1.807) is 16.9 Å². The molecule has 0 bridgehead atoms. The first-order valence-electron chi connectivity index (χ1n) is 9.52. The molecule has 0 saturated carbocycles.